The molecule has 184 valence electrons. The Kier molecular flexibility index (Phi) is 17.2. The summed E-state index contributed by atoms with van der Waals surface area (Å²) in [5.74, 6) is -0.555. The number of aromatic hydroxyl groups is 2. The Morgan fingerprint density at radius 2 is 1.24 bits per heavy atom. The van der Waals surface area contributed by atoms with Crippen molar-refractivity contribution in [3.8, 4) is 11.5 Å². The summed E-state index contributed by atoms with van der Waals surface area (Å²) in [6, 6.07) is 4.59. The lowest BCUT2D eigenvalue weighted by molar-refractivity contribution is -0.143. The maximum absolute atomic E-state index is 11.8. The lowest BCUT2D eigenvalue weighted by Gasteiger charge is -2.05. The van der Waals surface area contributed by atoms with Gasteiger partial charge in [-0.05, 0) is 62.6 Å². The number of phenols is 2. The second-order valence-electron chi connectivity index (χ2n) is 7.75. The Hall–Kier alpha value is -3.27. The van der Waals surface area contributed by atoms with Crippen molar-refractivity contribution in [2.75, 3.05) is 6.61 Å². The van der Waals surface area contributed by atoms with Gasteiger partial charge in [0, 0.05) is 12.8 Å². The SMILES string of the molecule is CCC=CCC=CCC=CCC=CCC=CCC=CCCC(=O)OCCc1ccc(O)c(O)c1. The van der Waals surface area contributed by atoms with Gasteiger partial charge in [0.25, 0.3) is 0 Å². The third-order valence-electron chi connectivity index (χ3n) is 4.81. The molecule has 0 saturated carbocycles. The van der Waals surface area contributed by atoms with Crippen LogP contribution in [0.15, 0.2) is 91.1 Å². The van der Waals surface area contributed by atoms with Gasteiger partial charge in [-0.1, -0.05) is 85.9 Å². The maximum atomic E-state index is 11.8. The van der Waals surface area contributed by atoms with E-state index in [-0.39, 0.29) is 24.1 Å². The number of esters is 1. The monoisotopic (exact) mass is 464 g/mol. The fraction of sp³-hybridized carbons (Fsp3) is 0.367. The summed E-state index contributed by atoms with van der Waals surface area (Å²) < 4.78 is 5.20. The standard InChI is InChI=1S/C30H40O4/c1-2-3-4-5-6-7-8-9-10-11-12-13-14-15-16-17-18-19-20-21-30(33)34-25-24-27-22-23-28(31)29(32)26-27/h3-4,6-7,9-10,12-13,15-16,18-19,22-23,26,31-32H,2,5,8,11,14,17,20-21,24-25H2,1H3. The third kappa shape index (κ3) is 16.4. The smallest absolute Gasteiger partial charge is 0.306 e. The molecule has 1 aromatic carbocycles. The molecule has 0 saturated heterocycles. The van der Waals surface area contributed by atoms with Gasteiger partial charge in [-0.3, -0.25) is 4.79 Å². The predicted octanol–water partition coefficient (Wildman–Crippen LogP) is 7.66. The van der Waals surface area contributed by atoms with Gasteiger partial charge in [0.2, 0.25) is 0 Å². The molecule has 1 aromatic rings. The van der Waals surface area contributed by atoms with Crippen molar-refractivity contribution in [3.05, 3.63) is 96.7 Å². The molecule has 0 aliphatic carbocycles. The minimum Gasteiger partial charge on any atom is -0.504 e. The van der Waals surface area contributed by atoms with E-state index in [0.29, 0.717) is 19.3 Å². The van der Waals surface area contributed by atoms with Crippen LogP contribution in [0.3, 0.4) is 0 Å². The molecule has 0 amide bonds. The van der Waals surface area contributed by atoms with Crippen LogP contribution in [0.4, 0.5) is 0 Å². The third-order valence-corrected chi connectivity index (χ3v) is 4.81. The number of allylic oxidation sites excluding steroid dienone is 12. The quantitative estimate of drug-likeness (QED) is 0.141. The molecule has 0 radical (unpaired) electrons. The molecule has 0 aliphatic heterocycles. The van der Waals surface area contributed by atoms with Crippen LogP contribution in [0.25, 0.3) is 0 Å². The molecule has 0 bridgehead atoms. The van der Waals surface area contributed by atoms with Gasteiger partial charge in [-0.15, -0.1) is 0 Å². The van der Waals surface area contributed by atoms with E-state index in [4.69, 9.17) is 4.74 Å². The summed E-state index contributed by atoms with van der Waals surface area (Å²) in [7, 11) is 0. The minimum absolute atomic E-state index is 0.155. The number of ether oxygens (including phenoxy) is 1. The van der Waals surface area contributed by atoms with E-state index in [2.05, 4.69) is 73.8 Å². The number of carbonyl (C=O) groups is 1. The highest BCUT2D eigenvalue weighted by Gasteiger charge is 2.04. The molecule has 0 atom stereocenters. The van der Waals surface area contributed by atoms with Crippen molar-refractivity contribution in [2.45, 2.75) is 64.7 Å². The van der Waals surface area contributed by atoms with Gasteiger partial charge < -0.3 is 14.9 Å². The molecular formula is C30H40O4. The summed E-state index contributed by atoms with van der Waals surface area (Å²) in [6.45, 7) is 2.40. The van der Waals surface area contributed by atoms with Crippen molar-refractivity contribution in [1.82, 2.24) is 0 Å². The molecule has 0 aliphatic rings. The Morgan fingerprint density at radius 1 is 0.735 bits per heavy atom. The van der Waals surface area contributed by atoms with Crippen LogP contribution in [0, 0.1) is 0 Å². The highest BCUT2D eigenvalue weighted by Crippen LogP contribution is 2.24. The van der Waals surface area contributed by atoms with E-state index in [0.717, 1.165) is 44.1 Å². The van der Waals surface area contributed by atoms with Crippen LogP contribution in [0.2, 0.25) is 0 Å². The number of phenolic OH excluding ortho intramolecular Hbond substituents is 2. The van der Waals surface area contributed by atoms with E-state index >= 15 is 0 Å². The Morgan fingerprint density at radius 3 is 1.74 bits per heavy atom. The molecule has 34 heavy (non-hydrogen) atoms. The first-order valence-corrected chi connectivity index (χ1v) is 12.2. The fourth-order valence-electron chi connectivity index (χ4n) is 2.92. The average Bonchev–Trinajstić information content (AvgIpc) is 2.83. The van der Waals surface area contributed by atoms with Gasteiger partial charge in [-0.2, -0.15) is 0 Å². The van der Waals surface area contributed by atoms with Gasteiger partial charge in [-0.25, -0.2) is 0 Å². The highest BCUT2D eigenvalue weighted by molar-refractivity contribution is 5.69. The zero-order valence-electron chi connectivity index (χ0n) is 20.4. The second-order valence-corrected chi connectivity index (χ2v) is 7.75. The van der Waals surface area contributed by atoms with E-state index < -0.39 is 0 Å². The number of carbonyl (C=O) groups excluding carboxylic acids is 1. The summed E-state index contributed by atoms with van der Waals surface area (Å²) in [5, 5.41) is 18.7. The number of benzene rings is 1. The van der Waals surface area contributed by atoms with Crippen LogP contribution in [-0.2, 0) is 16.0 Å². The Labute approximate surface area is 205 Å². The summed E-state index contributed by atoms with van der Waals surface area (Å²) in [6.07, 6.45) is 33.2. The minimum atomic E-state index is -0.234. The topological polar surface area (TPSA) is 66.8 Å². The molecule has 0 heterocycles. The van der Waals surface area contributed by atoms with Crippen LogP contribution >= 0.6 is 0 Å². The maximum Gasteiger partial charge on any atom is 0.306 e. The predicted molar refractivity (Wildman–Crippen MR) is 142 cm³/mol. The Balaban J connectivity index is 2.00. The largest absolute Gasteiger partial charge is 0.504 e. The summed E-state index contributed by atoms with van der Waals surface area (Å²) in [4.78, 5) is 11.8. The zero-order chi connectivity index (χ0) is 24.7. The van der Waals surface area contributed by atoms with Crippen LogP contribution < -0.4 is 0 Å². The second kappa shape index (κ2) is 20.3. The lowest BCUT2D eigenvalue weighted by Crippen LogP contribution is -2.07. The molecule has 0 fully saturated rings. The zero-order valence-corrected chi connectivity index (χ0v) is 20.4. The fourth-order valence-corrected chi connectivity index (χ4v) is 2.92. The first kappa shape index (κ1) is 28.8. The van der Waals surface area contributed by atoms with Crippen LogP contribution in [0.1, 0.15) is 63.9 Å². The molecule has 4 nitrogen and oxygen atoms in total. The van der Waals surface area contributed by atoms with Crippen molar-refractivity contribution >= 4 is 5.97 Å². The van der Waals surface area contributed by atoms with E-state index in [1.54, 1.807) is 6.07 Å². The van der Waals surface area contributed by atoms with E-state index in [1.165, 1.54) is 12.1 Å². The van der Waals surface area contributed by atoms with E-state index in [9.17, 15) is 15.0 Å². The van der Waals surface area contributed by atoms with Gasteiger partial charge >= 0.3 is 5.97 Å². The van der Waals surface area contributed by atoms with Gasteiger partial charge in [0.15, 0.2) is 11.5 Å². The molecule has 4 heteroatoms. The molecule has 0 unspecified atom stereocenters. The molecule has 0 spiro atoms. The number of hydrogen-bond acceptors (Lipinski definition) is 4. The van der Waals surface area contributed by atoms with E-state index in [1.807, 2.05) is 6.08 Å². The first-order chi connectivity index (χ1) is 16.6. The average molecular weight is 465 g/mol. The van der Waals surface area contributed by atoms with Crippen molar-refractivity contribution in [2.24, 2.45) is 0 Å². The van der Waals surface area contributed by atoms with Crippen LogP contribution in [0.5, 0.6) is 11.5 Å². The van der Waals surface area contributed by atoms with Crippen molar-refractivity contribution in [3.63, 3.8) is 0 Å². The van der Waals surface area contributed by atoms with Crippen LogP contribution in [-0.4, -0.2) is 22.8 Å². The van der Waals surface area contributed by atoms with Crippen molar-refractivity contribution in [1.29, 1.82) is 0 Å². The van der Waals surface area contributed by atoms with Crippen molar-refractivity contribution < 1.29 is 19.7 Å². The molecular weight excluding hydrogens is 424 g/mol. The first-order valence-electron chi connectivity index (χ1n) is 12.2. The molecule has 0 aromatic heterocycles. The number of rotatable bonds is 17. The molecule has 2 N–H and O–H groups in total. The number of hydrogen-bond donors (Lipinski definition) is 2. The summed E-state index contributed by atoms with van der Waals surface area (Å²) >= 11 is 0. The summed E-state index contributed by atoms with van der Waals surface area (Å²) in [5.41, 5.74) is 0.806. The Bertz CT molecular complexity index is 857. The van der Waals surface area contributed by atoms with Gasteiger partial charge in [0.1, 0.15) is 0 Å². The highest BCUT2D eigenvalue weighted by atomic mass is 16.5. The normalized spacial score (nSPS) is 12.5. The molecule has 1 rings (SSSR count). The lowest BCUT2D eigenvalue weighted by atomic mass is 10.1. The van der Waals surface area contributed by atoms with Gasteiger partial charge in [0.05, 0.1) is 6.61 Å².